The number of ether oxygens (including phenoxy) is 3. The van der Waals surface area contributed by atoms with E-state index in [1.165, 1.54) is 20.3 Å². The molecule has 0 heterocycles. The molecule has 0 radical (unpaired) electrons. The summed E-state index contributed by atoms with van der Waals surface area (Å²) in [6, 6.07) is 3.01. The van der Waals surface area contributed by atoms with Crippen molar-refractivity contribution in [3.05, 3.63) is 29.1 Å². The summed E-state index contributed by atoms with van der Waals surface area (Å²) in [7, 11) is 2.88. The summed E-state index contributed by atoms with van der Waals surface area (Å²) in [4.78, 5) is 11.0. The van der Waals surface area contributed by atoms with Crippen LogP contribution in [0.25, 0.3) is 0 Å². The second-order valence-corrected chi connectivity index (χ2v) is 5.03. The van der Waals surface area contributed by atoms with Crippen LogP contribution >= 0.6 is 15.9 Å². The highest BCUT2D eigenvalue weighted by Crippen LogP contribution is 2.36. The first-order valence-electron chi connectivity index (χ1n) is 6.17. The maximum atomic E-state index is 14.1. The van der Waals surface area contributed by atoms with E-state index < -0.39 is 16.6 Å². The van der Waals surface area contributed by atoms with Crippen molar-refractivity contribution >= 4 is 21.9 Å². The monoisotopic (exact) mass is 348 g/mol. The molecule has 0 amide bonds. The molecule has 1 aromatic carbocycles. The Morgan fingerprint density at radius 2 is 2.05 bits per heavy atom. The van der Waals surface area contributed by atoms with Crippen molar-refractivity contribution in [2.24, 2.45) is 0 Å². The molecule has 4 nitrogen and oxygen atoms in total. The third-order valence-electron chi connectivity index (χ3n) is 2.89. The van der Waals surface area contributed by atoms with Gasteiger partial charge in [-0.05, 0) is 31.5 Å². The molecule has 112 valence electrons. The largest absolute Gasteiger partial charge is 0.493 e. The molecule has 1 aromatic rings. The number of methoxy groups -OCH3 is 2. The zero-order valence-electron chi connectivity index (χ0n) is 11.9. The van der Waals surface area contributed by atoms with Gasteiger partial charge in [-0.1, -0.05) is 15.9 Å². The molecule has 20 heavy (non-hydrogen) atoms. The van der Waals surface area contributed by atoms with Crippen molar-refractivity contribution in [1.29, 1.82) is 0 Å². The van der Waals surface area contributed by atoms with E-state index >= 15 is 0 Å². The summed E-state index contributed by atoms with van der Waals surface area (Å²) in [5.41, 5.74) is 0.999. The maximum Gasteiger partial charge on any atom is 0.324 e. The van der Waals surface area contributed by atoms with Crippen molar-refractivity contribution < 1.29 is 23.4 Å². The average Bonchev–Trinajstić information content (AvgIpc) is 2.44. The van der Waals surface area contributed by atoms with Gasteiger partial charge in [-0.15, -0.1) is 0 Å². The van der Waals surface area contributed by atoms with Crippen LogP contribution in [0.4, 0.5) is 4.39 Å². The van der Waals surface area contributed by atoms with Gasteiger partial charge in [0.15, 0.2) is 11.6 Å². The Morgan fingerprint density at radius 1 is 1.40 bits per heavy atom. The van der Waals surface area contributed by atoms with Gasteiger partial charge in [0.25, 0.3) is 0 Å². The smallest absolute Gasteiger partial charge is 0.324 e. The van der Waals surface area contributed by atoms with Crippen LogP contribution in [0.1, 0.15) is 35.9 Å². The second-order valence-electron chi connectivity index (χ2n) is 4.12. The highest BCUT2D eigenvalue weighted by molar-refractivity contribution is 9.09. The number of esters is 1. The molecule has 0 fully saturated rings. The first kappa shape index (κ1) is 16.9. The van der Waals surface area contributed by atoms with Gasteiger partial charge in [-0.3, -0.25) is 4.79 Å². The highest BCUT2D eigenvalue weighted by Gasteiger charge is 2.26. The van der Waals surface area contributed by atoms with Crippen LogP contribution in [0.15, 0.2) is 12.1 Å². The van der Waals surface area contributed by atoms with Crippen LogP contribution in [-0.4, -0.2) is 26.8 Å². The molecule has 0 aliphatic rings. The fraction of sp³-hybridized carbons (Fsp3) is 0.500. The zero-order chi connectivity index (χ0) is 15.3. The number of hydrogen-bond donors (Lipinski definition) is 0. The normalized spacial score (nSPS) is 13.7. The van der Waals surface area contributed by atoms with E-state index in [0.717, 1.165) is 0 Å². The molecule has 0 N–H and O–H groups in total. The Bertz CT molecular complexity index is 478. The van der Waals surface area contributed by atoms with E-state index in [9.17, 15) is 9.18 Å². The van der Waals surface area contributed by atoms with E-state index in [0.29, 0.717) is 11.1 Å². The summed E-state index contributed by atoms with van der Waals surface area (Å²) in [5.74, 6) is -1.02. The molecular formula is C14H18BrFO4. The van der Waals surface area contributed by atoms with Crippen LogP contribution in [0.5, 0.6) is 5.75 Å². The number of rotatable bonds is 6. The lowest BCUT2D eigenvalue weighted by molar-refractivity contribution is -0.142. The third kappa shape index (κ3) is 3.70. The predicted octanol–water partition coefficient (Wildman–Crippen LogP) is 3.54. The molecule has 0 aliphatic carbocycles. The number of halogens is 2. The van der Waals surface area contributed by atoms with Gasteiger partial charge in [0.1, 0.15) is 4.83 Å². The number of hydrogen-bond acceptors (Lipinski definition) is 4. The van der Waals surface area contributed by atoms with Crippen LogP contribution in [0.2, 0.25) is 0 Å². The molecule has 0 spiro atoms. The lowest BCUT2D eigenvalue weighted by Gasteiger charge is -2.18. The zero-order valence-corrected chi connectivity index (χ0v) is 13.5. The van der Waals surface area contributed by atoms with Crippen LogP contribution in [-0.2, 0) is 14.3 Å². The van der Waals surface area contributed by atoms with Crippen molar-refractivity contribution in [1.82, 2.24) is 0 Å². The quantitative estimate of drug-likeness (QED) is 0.582. The number of benzene rings is 1. The van der Waals surface area contributed by atoms with Gasteiger partial charge in [-0.25, -0.2) is 4.39 Å². The lowest BCUT2D eigenvalue weighted by atomic mass is 10.0. The Labute approximate surface area is 126 Å². The average molecular weight is 349 g/mol. The van der Waals surface area contributed by atoms with Crippen LogP contribution in [0.3, 0.4) is 0 Å². The Hall–Kier alpha value is -1.14. The molecule has 6 heteroatoms. The van der Waals surface area contributed by atoms with E-state index in [1.54, 1.807) is 19.9 Å². The van der Waals surface area contributed by atoms with Gasteiger partial charge in [0, 0.05) is 12.7 Å². The molecule has 2 atom stereocenters. The molecular weight excluding hydrogens is 331 g/mol. The second kappa shape index (κ2) is 7.59. The van der Waals surface area contributed by atoms with Crippen molar-refractivity contribution in [3.63, 3.8) is 0 Å². The van der Waals surface area contributed by atoms with Crippen LogP contribution in [0, 0.1) is 5.82 Å². The van der Waals surface area contributed by atoms with Crippen molar-refractivity contribution in [2.45, 2.75) is 24.8 Å². The first-order chi connectivity index (χ1) is 9.46. The minimum absolute atomic E-state index is 0.0204. The summed E-state index contributed by atoms with van der Waals surface area (Å²) in [5, 5.41) is 0. The fourth-order valence-corrected chi connectivity index (χ4v) is 2.23. The van der Waals surface area contributed by atoms with Gasteiger partial charge >= 0.3 is 5.97 Å². The molecule has 0 aromatic heterocycles. The van der Waals surface area contributed by atoms with E-state index in [-0.39, 0.29) is 18.5 Å². The van der Waals surface area contributed by atoms with Gasteiger partial charge in [0.05, 0.1) is 19.8 Å². The summed E-state index contributed by atoms with van der Waals surface area (Å²) < 4.78 is 29.2. The molecule has 0 saturated carbocycles. The summed E-state index contributed by atoms with van der Waals surface area (Å²) in [6.07, 6.45) is -0.295. The lowest BCUT2D eigenvalue weighted by Crippen LogP contribution is -2.13. The van der Waals surface area contributed by atoms with E-state index in [1.807, 2.05) is 0 Å². The fourth-order valence-electron chi connectivity index (χ4n) is 1.75. The van der Waals surface area contributed by atoms with Gasteiger partial charge < -0.3 is 14.2 Å². The minimum atomic E-state index is -0.795. The molecule has 0 aliphatic heterocycles. The van der Waals surface area contributed by atoms with E-state index in [4.69, 9.17) is 14.2 Å². The third-order valence-corrected chi connectivity index (χ3v) is 3.76. The maximum absolute atomic E-state index is 14.1. The molecule has 0 bridgehead atoms. The van der Waals surface area contributed by atoms with E-state index in [2.05, 4.69) is 15.9 Å². The van der Waals surface area contributed by atoms with Gasteiger partial charge in [0.2, 0.25) is 0 Å². The predicted molar refractivity (Wildman–Crippen MR) is 76.7 cm³/mol. The number of carbonyl (C=O) groups excluding carboxylic acids is 1. The van der Waals surface area contributed by atoms with Crippen LogP contribution < -0.4 is 4.74 Å². The minimum Gasteiger partial charge on any atom is -0.493 e. The SMILES string of the molecule is CCOC(=O)C(Br)c1cc(C(C)OC)cc(F)c1OC. The first-order valence-corrected chi connectivity index (χ1v) is 7.08. The molecule has 2 unspecified atom stereocenters. The van der Waals surface area contributed by atoms with Crippen molar-refractivity contribution in [2.75, 3.05) is 20.8 Å². The number of carbonyl (C=O) groups is 1. The molecule has 0 saturated heterocycles. The Kier molecular flexibility index (Phi) is 6.42. The highest BCUT2D eigenvalue weighted by atomic mass is 79.9. The standard InChI is InChI=1S/C14H18BrFO4/c1-5-20-14(17)12(15)10-6-9(8(2)18-3)7-11(16)13(10)19-4/h6-8,12H,5H2,1-4H3. The van der Waals surface area contributed by atoms with Crippen molar-refractivity contribution in [3.8, 4) is 5.75 Å². The summed E-state index contributed by atoms with van der Waals surface area (Å²) >= 11 is 3.22. The Morgan fingerprint density at radius 3 is 2.55 bits per heavy atom. The molecule has 1 rings (SSSR count). The van der Waals surface area contributed by atoms with Gasteiger partial charge in [-0.2, -0.15) is 0 Å². The summed E-state index contributed by atoms with van der Waals surface area (Å²) in [6.45, 7) is 3.75. The number of alkyl halides is 1. The topological polar surface area (TPSA) is 44.8 Å². The Balaban J connectivity index is 3.27.